The van der Waals surface area contributed by atoms with Crippen molar-refractivity contribution in [2.24, 2.45) is 5.92 Å². The molecule has 0 atom stereocenters. The zero-order chi connectivity index (χ0) is 23.5. The molecular weight excluding hydrogens is 444 g/mol. The Bertz CT molecular complexity index is 1120. The molecule has 2 saturated heterocycles. The van der Waals surface area contributed by atoms with Gasteiger partial charge in [-0.25, -0.2) is 4.98 Å². The van der Waals surface area contributed by atoms with Crippen LogP contribution in [-0.4, -0.2) is 67.4 Å². The minimum absolute atomic E-state index is 0.159. The molecule has 2 aliphatic rings. The number of fused-ring (bicyclic) bond motifs is 1. The van der Waals surface area contributed by atoms with Crippen LogP contribution in [0.25, 0.3) is 11.0 Å². The maximum Gasteiger partial charge on any atom is 0.225 e. The second kappa shape index (κ2) is 10.4. The minimum atomic E-state index is 0.159. The van der Waals surface area contributed by atoms with Crippen LogP contribution in [0.15, 0.2) is 41.8 Å². The number of amides is 1. The molecule has 34 heavy (non-hydrogen) atoms. The van der Waals surface area contributed by atoms with Gasteiger partial charge in [-0.15, -0.1) is 0 Å². The van der Waals surface area contributed by atoms with Crippen molar-refractivity contribution in [3.8, 4) is 0 Å². The molecule has 0 saturated carbocycles. The Balaban J connectivity index is 1.18. The van der Waals surface area contributed by atoms with Gasteiger partial charge in [0.2, 0.25) is 5.91 Å². The summed E-state index contributed by atoms with van der Waals surface area (Å²) in [6.07, 6.45) is 7.45. The molecule has 3 aromatic rings. The van der Waals surface area contributed by atoms with Gasteiger partial charge in [0, 0.05) is 37.8 Å². The number of carbonyl (C=O) groups is 1. The molecule has 0 bridgehead atoms. The van der Waals surface area contributed by atoms with Gasteiger partial charge in [0.05, 0.1) is 17.2 Å². The first kappa shape index (κ1) is 23.3. The molecule has 2 aromatic heterocycles. The van der Waals surface area contributed by atoms with Crippen molar-refractivity contribution in [3.63, 3.8) is 0 Å². The Kier molecular flexibility index (Phi) is 7.15. The number of nitrogens with zero attached hydrogens (tertiary/aromatic N) is 6. The lowest BCUT2D eigenvalue weighted by atomic mass is 9.93. The number of piperidine rings is 2. The van der Waals surface area contributed by atoms with Crippen molar-refractivity contribution in [2.45, 2.75) is 57.3 Å². The van der Waals surface area contributed by atoms with Gasteiger partial charge in [0.15, 0.2) is 5.16 Å². The molecule has 2 fully saturated rings. The van der Waals surface area contributed by atoms with Crippen molar-refractivity contribution in [1.29, 1.82) is 0 Å². The first-order valence-corrected chi connectivity index (χ1v) is 13.5. The second-order valence-corrected chi connectivity index (χ2v) is 10.8. The number of aryl methyl sites for hydroxylation is 1. The summed E-state index contributed by atoms with van der Waals surface area (Å²) in [5, 5.41) is 8.94. The third-order valence-corrected chi connectivity index (χ3v) is 8.05. The van der Waals surface area contributed by atoms with Crippen LogP contribution in [-0.2, 0) is 11.3 Å². The van der Waals surface area contributed by atoms with Crippen LogP contribution in [0.4, 0.5) is 0 Å². The molecule has 2 aliphatic heterocycles. The third kappa shape index (κ3) is 4.98. The molecule has 5 rings (SSSR count). The first-order chi connectivity index (χ1) is 16.6. The van der Waals surface area contributed by atoms with Crippen LogP contribution in [0.3, 0.4) is 0 Å². The van der Waals surface area contributed by atoms with Crippen LogP contribution < -0.4 is 0 Å². The number of hydrogen-bond acceptors (Lipinski definition) is 6. The summed E-state index contributed by atoms with van der Waals surface area (Å²) in [6.45, 7) is 8.80. The molecule has 0 N–H and O–H groups in total. The molecule has 1 amide bonds. The molecule has 8 heteroatoms. The highest BCUT2D eigenvalue weighted by molar-refractivity contribution is 7.99. The van der Waals surface area contributed by atoms with E-state index in [0.717, 1.165) is 74.8 Å². The lowest BCUT2D eigenvalue weighted by molar-refractivity contribution is -0.138. The first-order valence-electron chi connectivity index (χ1n) is 12.5. The highest BCUT2D eigenvalue weighted by atomic mass is 32.2. The number of likely N-dealkylation sites (tertiary alicyclic amines) is 2. The standard InChI is InChI=1S/C26H34N6OS/c1-3-34-26-29-23-16-19(2)4-5-24(23)32(26)22-9-14-31(15-10-22)25(33)21-7-12-30(13-8-21)18-20-6-11-27-28-17-20/h4-6,11,16-17,21-22H,3,7-10,12-15,18H2,1-2H3. The Morgan fingerprint density at radius 2 is 1.85 bits per heavy atom. The molecule has 0 radical (unpaired) electrons. The summed E-state index contributed by atoms with van der Waals surface area (Å²) in [4.78, 5) is 22.8. The minimum Gasteiger partial charge on any atom is -0.342 e. The Morgan fingerprint density at radius 1 is 1.06 bits per heavy atom. The Morgan fingerprint density at radius 3 is 2.56 bits per heavy atom. The molecule has 180 valence electrons. The van der Waals surface area contributed by atoms with Gasteiger partial charge in [-0.05, 0) is 80.8 Å². The maximum absolute atomic E-state index is 13.3. The average molecular weight is 479 g/mol. The van der Waals surface area contributed by atoms with E-state index < -0.39 is 0 Å². The van der Waals surface area contributed by atoms with E-state index >= 15 is 0 Å². The summed E-state index contributed by atoms with van der Waals surface area (Å²) in [5.74, 6) is 1.53. The SMILES string of the molecule is CCSc1nc2cc(C)ccc2n1C1CCN(C(=O)C2CCN(Cc3ccnnc3)CC2)CC1. The van der Waals surface area contributed by atoms with Crippen LogP contribution in [0, 0.1) is 12.8 Å². The van der Waals surface area contributed by atoms with E-state index in [1.54, 1.807) is 6.20 Å². The predicted molar refractivity (Wildman–Crippen MR) is 136 cm³/mol. The lowest BCUT2D eigenvalue weighted by Crippen LogP contribution is -2.45. The zero-order valence-corrected chi connectivity index (χ0v) is 21.0. The number of hydrogen-bond donors (Lipinski definition) is 0. The average Bonchev–Trinajstić information content (AvgIpc) is 3.22. The number of thioether (sulfide) groups is 1. The lowest BCUT2D eigenvalue weighted by Gasteiger charge is -2.38. The van der Waals surface area contributed by atoms with Crippen molar-refractivity contribution in [2.75, 3.05) is 31.9 Å². The smallest absolute Gasteiger partial charge is 0.225 e. The fraction of sp³-hybridized carbons (Fsp3) is 0.538. The summed E-state index contributed by atoms with van der Waals surface area (Å²) in [7, 11) is 0. The molecule has 1 aromatic carbocycles. The molecular formula is C26H34N6OS. The number of carbonyl (C=O) groups excluding carboxylic acids is 1. The van der Waals surface area contributed by atoms with Gasteiger partial charge in [-0.2, -0.15) is 10.2 Å². The fourth-order valence-corrected chi connectivity index (χ4v) is 6.19. The van der Waals surface area contributed by atoms with Crippen LogP contribution in [0.5, 0.6) is 0 Å². The topological polar surface area (TPSA) is 67.2 Å². The number of imidazole rings is 1. The van der Waals surface area contributed by atoms with E-state index in [-0.39, 0.29) is 5.92 Å². The van der Waals surface area contributed by atoms with E-state index in [0.29, 0.717) is 11.9 Å². The molecule has 0 aliphatic carbocycles. The van der Waals surface area contributed by atoms with E-state index in [1.165, 1.54) is 16.6 Å². The third-order valence-electron chi connectivity index (χ3n) is 7.22. The Labute approximate surface area is 205 Å². The summed E-state index contributed by atoms with van der Waals surface area (Å²) in [6, 6.07) is 8.99. The predicted octanol–water partition coefficient (Wildman–Crippen LogP) is 4.32. The number of rotatable bonds is 6. The molecule has 4 heterocycles. The van der Waals surface area contributed by atoms with Crippen LogP contribution in [0.2, 0.25) is 0 Å². The van der Waals surface area contributed by atoms with E-state index in [4.69, 9.17) is 4.98 Å². The van der Waals surface area contributed by atoms with Crippen molar-refractivity contribution >= 4 is 28.7 Å². The van der Waals surface area contributed by atoms with Gasteiger partial charge in [0.1, 0.15) is 0 Å². The largest absolute Gasteiger partial charge is 0.342 e. The van der Waals surface area contributed by atoms with E-state index in [9.17, 15) is 4.79 Å². The highest BCUT2D eigenvalue weighted by Crippen LogP contribution is 2.34. The molecule has 0 unspecified atom stereocenters. The van der Waals surface area contributed by atoms with Gasteiger partial charge >= 0.3 is 0 Å². The maximum atomic E-state index is 13.3. The van der Waals surface area contributed by atoms with E-state index in [2.05, 4.69) is 56.6 Å². The number of benzene rings is 1. The monoisotopic (exact) mass is 478 g/mol. The van der Waals surface area contributed by atoms with Crippen molar-refractivity contribution in [3.05, 3.63) is 47.8 Å². The van der Waals surface area contributed by atoms with Crippen LogP contribution >= 0.6 is 11.8 Å². The van der Waals surface area contributed by atoms with Gasteiger partial charge < -0.3 is 9.47 Å². The number of aromatic nitrogens is 4. The quantitative estimate of drug-likeness (QED) is 0.492. The molecule has 7 nitrogen and oxygen atoms in total. The Hall–Kier alpha value is -2.45. The summed E-state index contributed by atoms with van der Waals surface area (Å²) < 4.78 is 2.44. The summed E-state index contributed by atoms with van der Waals surface area (Å²) in [5.41, 5.74) is 4.74. The molecule has 0 spiro atoms. The van der Waals surface area contributed by atoms with Crippen molar-refractivity contribution in [1.82, 2.24) is 29.5 Å². The van der Waals surface area contributed by atoms with Gasteiger partial charge in [-0.1, -0.05) is 24.8 Å². The van der Waals surface area contributed by atoms with Gasteiger partial charge in [0.25, 0.3) is 0 Å². The van der Waals surface area contributed by atoms with Crippen molar-refractivity contribution < 1.29 is 4.79 Å². The highest BCUT2D eigenvalue weighted by Gasteiger charge is 2.32. The van der Waals surface area contributed by atoms with Crippen LogP contribution in [0.1, 0.15) is 49.8 Å². The second-order valence-electron chi connectivity index (χ2n) is 9.55. The van der Waals surface area contributed by atoms with E-state index in [1.807, 2.05) is 24.0 Å². The fourth-order valence-electron chi connectivity index (χ4n) is 5.38. The normalized spacial score (nSPS) is 18.6. The summed E-state index contributed by atoms with van der Waals surface area (Å²) >= 11 is 1.82. The zero-order valence-electron chi connectivity index (χ0n) is 20.2. The van der Waals surface area contributed by atoms with Gasteiger partial charge in [-0.3, -0.25) is 9.69 Å².